The molecule has 1 unspecified atom stereocenters. The summed E-state index contributed by atoms with van der Waals surface area (Å²) in [5.41, 5.74) is 0.840. The monoisotopic (exact) mass is 328 g/mol. The normalized spacial score (nSPS) is 11.9. The van der Waals surface area contributed by atoms with Crippen LogP contribution < -0.4 is 5.32 Å². The highest BCUT2D eigenvalue weighted by atomic mass is 79.9. The highest BCUT2D eigenvalue weighted by Gasteiger charge is 2.14. The lowest BCUT2D eigenvalue weighted by Gasteiger charge is -2.08. The Balaban J connectivity index is 2.67. The van der Waals surface area contributed by atoms with E-state index < -0.39 is 4.92 Å². The Morgan fingerprint density at radius 2 is 2.21 bits per heavy atom. The minimum Gasteiger partial charge on any atom is -0.352 e. The van der Waals surface area contributed by atoms with Crippen molar-refractivity contribution in [3.8, 4) is 0 Å². The van der Waals surface area contributed by atoms with Crippen LogP contribution in [0.2, 0.25) is 0 Å². The second kappa shape index (κ2) is 7.23. The summed E-state index contributed by atoms with van der Waals surface area (Å²) in [6.07, 6.45) is 1.82. The molecule has 0 aliphatic carbocycles. The van der Waals surface area contributed by atoms with Crippen molar-refractivity contribution in [3.63, 3.8) is 0 Å². The van der Waals surface area contributed by atoms with Crippen LogP contribution >= 0.6 is 15.9 Å². The van der Waals surface area contributed by atoms with Gasteiger partial charge in [0.1, 0.15) is 0 Å². The maximum Gasteiger partial charge on any atom is 0.273 e. The molecule has 0 spiro atoms. The minimum atomic E-state index is -0.474. The molecule has 0 bridgehead atoms. The first-order valence-corrected chi connectivity index (χ1v) is 7.04. The topological polar surface area (TPSA) is 72.2 Å². The first-order chi connectivity index (χ1) is 8.95. The Hall–Kier alpha value is -1.43. The van der Waals surface area contributed by atoms with Gasteiger partial charge in [-0.1, -0.05) is 28.9 Å². The number of halogens is 1. The molecular formula is C13H17BrN2O3. The molecule has 0 aliphatic rings. The summed E-state index contributed by atoms with van der Waals surface area (Å²) >= 11 is 3.48. The maximum atomic E-state index is 11.9. The van der Waals surface area contributed by atoms with Gasteiger partial charge in [-0.3, -0.25) is 14.9 Å². The molecule has 1 amide bonds. The van der Waals surface area contributed by atoms with Crippen LogP contribution in [0.25, 0.3) is 0 Å². The number of aryl methyl sites for hydroxylation is 1. The van der Waals surface area contributed by atoms with Crippen LogP contribution in [0.5, 0.6) is 0 Å². The second-order valence-corrected chi connectivity index (χ2v) is 5.60. The third kappa shape index (κ3) is 4.63. The summed E-state index contributed by atoms with van der Waals surface area (Å²) in [7, 11) is 0. The number of nitrogens with zero attached hydrogens (tertiary/aromatic N) is 1. The predicted octanol–water partition coefficient (Wildman–Crippen LogP) is 3.20. The summed E-state index contributed by atoms with van der Waals surface area (Å²) in [6, 6.07) is 4.51. The number of nitro groups is 1. The highest BCUT2D eigenvalue weighted by Crippen LogP contribution is 2.19. The third-order valence-electron chi connectivity index (χ3n) is 2.85. The van der Waals surface area contributed by atoms with Crippen molar-refractivity contribution in [3.05, 3.63) is 39.4 Å². The average molecular weight is 329 g/mol. The van der Waals surface area contributed by atoms with Crippen LogP contribution in [0.1, 0.15) is 35.7 Å². The van der Waals surface area contributed by atoms with E-state index in [1.54, 1.807) is 19.1 Å². The molecule has 1 rings (SSSR count). The quantitative estimate of drug-likeness (QED) is 0.495. The molecule has 1 N–H and O–H groups in total. The van der Waals surface area contributed by atoms with E-state index in [0.29, 0.717) is 22.5 Å². The van der Waals surface area contributed by atoms with Gasteiger partial charge in [0, 0.05) is 28.6 Å². The van der Waals surface area contributed by atoms with E-state index in [2.05, 4.69) is 28.2 Å². The Labute approximate surface area is 120 Å². The van der Waals surface area contributed by atoms with E-state index in [-0.39, 0.29) is 11.6 Å². The van der Waals surface area contributed by atoms with Crippen molar-refractivity contribution in [1.82, 2.24) is 5.32 Å². The summed E-state index contributed by atoms with van der Waals surface area (Å²) < 4.78 is 0. The number of rotatable bonds is 6. The molecule has 0 radical (unpaired) electrons. The molecule has 0 saturated heterocycles. The summed E-state index contributed by atoms with van der Waals surface area (Å²) in [4.78, 5) is 22.6. The molecule has 0 aliphatic heterocycles. The molecule has 1 atom stereocenters. The van der Waals surface area contributed by atoms with Gasteiger partial charge in [-0.05, 0) is 25.8 Å². The SMILES string of the molecule is CCC(Br)CCNC(=O)c1ccc(C)c([N+](=O)[O-])c1. The molecule has 0 saturated carbocycles. The fraction of sp³-hybridized carbons (Fsp3) is 0.462. The van der Waals surface area contributed by atoms with E-state index in [1.807, 2.05) is 0 Å². The van der Waals surface area contributed by atoms with E-state index >= 15 is 0 Å². The lowest BCUT2D eigenvalue weighted by atomic mass is 10.1. The molecule has 6 heteroatoms. The van der Waals surface area contributed by atoms with Gasteiger partial charge < -0.3 is 5.32 Å². The van der Waals surface area contributed by atoms with Crippen molar-refractivity contribution in [2.24, 2.45) is 0 Å². The number of nitrogens with one attached hydrogen (secondary N) is 1. The van der Waals surface area contributed by atoms with Gasteiger partial charge in [-0.2, -0.15) is 0 Å². The zero-order valence-electron chi connectivity index (χ0n) is 11.0. The fourth-order valence-electron chi connectivity index (χ4n) is 1.60. The van der Waals surface area contributed by atoms with Gasteiger partial charge in [0.25, 0.3) is 11.6 Å². The highest BCUT2D eigenvalue weighted by molar-refractivity contribution is 9.09. The van der Waals surface area contributed by atoms with Gasteiger partial charge >= 0.3 is 0 Å². The van der Waals surface area contributed by atoms with Crippen LogP contribution in [0, 0.1) is 17.0 Å². The van der Waals surface area contributed by atoms with Gasteiger partial charge in [0.05, 0.1) is 4.92 Å². The number of nitro benzene ring substituents is 1. The Kier molecular flexibility index (Phi) is 5.95. The summed E-state index contributed by atoms with van der Waals surface area (Å²) in [5, 5.41) is 13.6. The zero-order valence-corrected chi connectivity index (χ0v) is 12.6. The standard InChI is InChI=1S/C13H17BrN2O3/c1-3-11(14)6-7-15-13(17)10-5-4-9(2)12(8-10)16(18)19/h4-5,8,11H,3,6-7H2,1-2H3,(H,15,17). The number of hydrogen-bond donors (Lipinski definition) is 1. The number of benzene rings is 1. The van der Waals surface area contributed by atoms with Crippen LogP contribution in [0.4, 0.5) is 5.69 Å². The van der Waals surface area contributed by atoms with Gasteiger partial charge in [-0.15, -0.1) is 0 Å². The van der Waals surface area contributed by atoms with Crippen LogP contribution in [-0.4, -0.2) is 22.2 Å². The minimum absolute atomic E-state index is 0.0282. The van der Waals surface area contributed by atoms with E-state index in [9.17, 15) is 14.9 Å². The number of alkyl halides is 1. The Bertz CT molecular complexity index is 477. The van der Waals surface area contributed by atoms with Crippen LogP contribution in [0.15, 0.2) is 18.2 Å². The zero-order chi connectivity index (χ0) is 14.4. The van der Waals surface area contributed by atoms with Crippen molar-refractivity contribution < 1.29 is 9.72 Å². The largest absolute Gasteiger partial charge is 0.352 e. The molecule has 5 nitrogen and oxygen atoms in total. The summed E-state index contributed by atoms with van der Waals surface area (Å²) in [6.45, 7) is 4.26. The van der Waals surface area contributed by atoms with E-state index in [1.165, 1.54) is 6.07 Å². The molecular weight excluding hydrogens is 312 g/mol. The second-order valence-electron chi connectivity index (χ2n) is 4.31. The molecule has 104 valence electrons. The fourth-order valence-corrected chi connectivity index (χ4v) is 1.82. The Morgan fingerprint density at radius 3 is 2.79 bits per heavy atom. The number of amides is 1. The van der Waals surface area contributed by atoms with Gasteiger partial charge in [0.2, 0.25) is 0 Å². The number of carbonyl (C=O) groups is 1. The average Bonchev–Trinajstić information content (AvgIpc) is 2.38. The lowest BCUT2D eigenvalue weighted by molar-refractivity contribution is -0.385. The number of hydrogen-bond acceptors (Lipinski definition) is 3. The summed E-state index contributed by atoms with van der Waals surface area (Å²) in [5.74, 6) is -0.279. The maximum absolute atomic E-state index is 11.9. The van der Waals surface area contributed by atoms with Crippen molar-refractivity contribution in [2.75, 3.05) is 6.54 Å². The molecule has 0 fully saturated rings. The predicted molar refractivity (Wildman–Crippen MR) is 77.8 cm³/mol. The smallest absolute Gasteiger partial charge is 0.273 e. The molecule has 0 aromatic heterocycles. The Morgan fingerprint density at radius 1 is 1.53 bits per heavy atom. The molecule has 19 heavy (non-hydrogen) atoms. The van der Waals surface area contributed by atoms with E-state index in [0.717, 1.165) is 12.8 Å². The molecule has 1 aromatic carbocycles. The van der Waals surface area contributed by atoms with Crippen molar-refractivity contribution >= 4 is 27.5 Å². The first-order valence-electron chi connectivity index (χ1n) is 6.13. The van der Waals surface area contributed by atoms with Crippen molar-refractivity contribution in [2.45, 2.75) is 31.5 Å². The third-order valence-corrected chi connectivity index (χ3v) is 3.96. The van der Waals surface area contributed by atoms with Crippen LogP contribution in [-0.2, 0) is 0 Å². The van der Waals surface area contributed by atoms with Gasteiger partial charge in [0.15, 0.2) is 0 Å². The molecule has 0 heterocycles. The van der Waals surface area contributed by atoms with Crippen molar-refractivity contribution in [1.29, 1.82) is 0 Å². The van der Waals surface area contributed by atoms with Gasteiger partial charge in [-0.25, -0.2) is 0 Å². The lowest BCUT2D eigenvalue weighted by Crippen LogP contribution is -2.26. The molecule has 1 aromatic rings. The first kappa shape index (κ1) is 15.6. The van der Waals surface area contributed by atoms with Crippen LogP contribution in [0.3, 0.4) is 0 Å². The number of carbonyl (C=O) groups excluding carboxylic acids is 1. The van der Waals surface area contributed by atoms with E-state index in [4.69, 9.17) is 0 Å².